The van der Waals surface area contributed by atoms with Crippen LogP contribution >= 0.6 is 0 Å². The summed E-state index contributed by atoms with van der Waals surface area (Å²) in [6, 6.07) is 4.38. The fraction of sp³-hybridized carbons (Fsp3) is 0.778. The van der Waals surface area contributed by atoms with E-state index in [9.17, 15) is 28.8 Å². The molecule has 3 N–H and O–H groups in total. The molecule has 0 saturated carbocycles. The summed E-state index contributed by atoms with van der Waals surface area (Å²) >= 11 is 0. The Morgan fingerprint density at radius 3 is 1.29 bits per heavy atom. The largest absolute Gasteiger partial charge is 0.460 e. The van der Waals surface area contributed by atoms with Crippen molar-refractivity contribution < 1.29 is 109 Å². The second-order valence-corrected chi connectivity index (χ2v) is 21.6. The highest BCUT2D eigenvalue weighted by atomic mass is 16.6. The lowest BCUT2D eigenvalue weighted by atomic mass is 9.97. The van der Waals surface area contributed by atoms with Gasteiger partial charge in [0, 0.05) is 52.3 Å². The van der Waals surface area contributed by atoms with Crippen molar-refractivity contribution >= 4 is 41.1 Å². The lowest BCUT2D eigenvalue weighted by molar-refractivity contribution is -0.154. The topological polar surface area (TPSA) is 302 Å². The number of ketones is 1. The van der Waals surface area contributed by atoms with Gasteiger partial charge in [0.1, 0.15) is 19.2 Å². The van der Waals surface area contributed by atoms with Crippen LogP contribution in [0.5, 0.6) is 0 Å². The number of benzene rings is 1. The van der Waals surface area contributed by atoms with E-state index in [0.29, 0.717) is 210 Å². The molecule has 0 saturated heterocycles. The summed E-state index contributed by atoms with van der Waals surface area (Å²) in [7, 11) is 3.27. The number of anilines is 1. The van der Waals surface area contributed by atoms with E-state index in [1.807, 2.05) is 12.1 Å². The standard InChI is InChI=1S/C63H109N5O23/c1-53(65-58(70)49-64-59(71)51-68-50-57(69)13-14-60(68)72)61(73)66-56-12-11-55(52-91-62(74)63(2,3)4)54(48-56)10-7-15-67(16-8-18-77-24-26-81-32-34-85-40-42-89-46-44-87-38-36-83-30-28-79-22-20-75-5)17-9-19-78-25-27-82-33-35-86-41-43-90-47-45-88-39-37-84-31-29-80-23-21-76-6/h11-14,48,53H,7-10,15-47,49-52H2,1-6H3,(H,64,71)(H,65,70)(H,66,73)/t53-/m0/s1. The molecule has 1 atom stereocenters. The number of ether oxygens (including phenoxy) is 17. The Labute approximate surface area is 539 Å². The van der Waals surface area contributed by atoms with Gasteiger partial charge in [-0.05, 0) is 89.3 Å². The number of esters is 1. The first-order chi connectivity index (χ1) is 44.2. The molecule has 0 spiro atoms. The highest BCUT2D eigenvalue weighted by Gasteiger charge is 2.25. The van der Waals surface area contributed by atoms with Crippen LogP contribution in [0.1, 0.15) is 58.1 Å². The number of hydrogen-bond acceptors (Lipinski definition) is 24. The second kappa shape index (κ2) is 56.8. The SMILES string of the molecule is COCCOCCOCCOCCOCCOCCOCCOCCCN(CCCOCCOCCOCCOCCOCCOCCOCCOC)CCCc1cc(NC(=O)[C@H](C)NC(=O)CNC(=O)CN2CC(=O)C=CC2=O)ccc1COC(=O)C(C)(C)C. The smallest absolute Gasteiger partial charge is 0.311 e. The van der Waals surface area contributed by atoms with Crippen LogP contribution < -0.4 is 16.0 Å². The molecule has 91 heavy (non-hydrogen) atoms. The molecular formula is C63H109N5O23. The Kier molecular flexibility index (Phi) is 51.4. The molecule has 0 bridgehead atoms. The molecule has 2 rings (SSSR count). The van der Waals surface area contributed by atoms with Gasteiger partial charge in [0.25, 0.3) is 0 Å². The third-order valence-electron chi connectivity index (χ3n) is 12.8. The molecule has 1 aromatic rings. The highest BCUT2D eigenvalue weighted by Crippen LogP contribution is 2.22. The van der Waals surface area contributed by atoms with E-state index < -0.39 is 48.2 Å². The van der Waals surface area contributed by atoms with Crippen LogP contribution in [0.3, 0.4) is 0 Å². The highest BCUT2D eigenvalue weighted by molar-refractivity contribution is 6.05. The molecule has 4 amide bonds. The maximum absolute atomic E-state index is 13.4. The molecule has 0 aliphatic carbocycles. The summed E-state index contributed by atoms with van der Waals surface area (Å²) < 4.78 is 93.8. The number of methoxy groups -OCH3 is 2. The van der Waals surface area contributed by atoms with Crippen molar-refractivity contribution in [2.75, 3.05) is 257 Å². The molecule has 28 heteroatoms. The van der Waals surface area contributed by atoms with E-state index in [1.54, 1.807) is 41.1 Å². The average molecular weight is 1300 g/mol. The van der Waals surface area contributed by atoms with Gasteiger partial charge in [-0.3, -0.25) is 28.8 Å². The number of rotatable bonds is 63. The van der Waals surface area contributed by atoms with E-state index in [4.69, 9.17) is 80.5 Å². The van der Waals surface area contributed by atoms with Crippen molar-refractivity contribution in [3.05, 3.63) is 41.5 Å². The molecule has 1 aliphatic heterocycles. The van der Waals surface area contributed by atoms with Gasteiger partial charge < -0.3 is 106 Å². The molecule has 1 aromatic carbocycles. The lowest BCUT2D eigenvalue weighted by Crippen LogP contribution is -2.48. The van der Waals surface area contributed by atoms with Crippen molar-refractivity contribution in [3.8, 4) is 0 Å². The molecule has 1 heterocycles. The summed E-state index contributed by atoms with van der Waals surface area (Å²) in [6.45, 7) is 22.6. The predicted molar refractivity (Wildman–Crippen MR) is 335 cm³/mol. The quantitative estimate of drug-likeness (QED) is 0.0619. The minimum atomic E-state index is -0.989. The minimum Gasteiger partial charge on any atom is -0.460 e. The van der Waals surface area contributed by atoms with Crippen LogP contribution in [0.2, 0.25) is 0 Å². The summed E-state index contributed by atoms with van der Waals surface area (Å²) in [5, 5.41) is 7.85. The first-order valence-corrected chi connectivity index (χ1v) is 31.7. The zero-order chi connectivity index (χ0) is 66.1. The maximum atomic E-state index is 13.4. The lowest BCUT2D eigenvalue weighted by Gasteiger charge is -2.23. The van der Waals surface area contributed by atoms with Gasteiger partial charge in [0.05, 0.1) is 203 Å². The molecule has 0 fully saturated rings. The zero-order valence-corrected chi connectivity index (χ0v) is 55.2. The summed E-state index contributed by atoms with van der Waals surface area (Å²) in [5.74, 6) is -2.93. The van der Waals surface area contributed by atoms with Gasteiger partial charge in [-0.25, -0.2) is 0 Å². The molecule has 0 unspecified atom stereocenters. The molecule has 1 aliphatic rings. The van der Waals surface area contributed by atoms with Gasteiger partial charge in [0.15, 0.2) is 5.78 Å². The summed E-state index contributed by atoms with van der Waals surface area (Å²) in [5.41, 5.74) is 1.43. The van der Waals surface area contributed by atoms with Gasteiger partial charge in [-0.1, -0.05) is 6.07 Å². The second-order valence-electron chi connectivity index (χ2n) is 21.6. The van der Waals surface area contributed by atoms with Crippen LogP contribution in [0.4, 0.5) is 5.69 Å². The van der Waals surface area contributed by atoms with E-state index in [1.165, 1.54) is 6.92 Å². The third kappa shape index (κ3) is 47.8. The Morgan fingerprint density at radius 1 is 0.505 bits per heavy atom. The van der Waals surface area contributed by atoms with Crippen molar-refractivity contribution in [3.63, 3.8) is 0 Å². The van der Waals surface area contributed by atoms with Crippen LogP contribution in [0.15, 0.2) is 30.4 Å². The fourth-order valence-electron chi connectivity index (χ4n) is 7.91. The number of nitrogens with one attached hydrogen (secondary N) is 3. The normalized spacial score (nSPS) is 12.9. The molecule has 524 valence electrons. The third-order valence-corrected chi connectivity index (χ3v) is 12.8. The van der Waals surface area contributed by atoms with E-state index >= 15 is 0 Å². The Balaban J connectivity index is 1.81. The first-order valence-electron chi connectivity index (χ1n) is 31.7. The van der Waals surface area contributed by atoms with E-state index in [2.05, 4.69) is 20.9 Å². The monoisotopic (exact) mass is 1300 g/mol. The number of aryl methyl sites for hydroxylation is 1. The Hall–Kier alpha value is -4.70. The zero-order valence-electron chi connectivity index (χ0n) is 55.2. The van der Waals surface area contributed by atoms with Crippen LogP contribution in [-0.4, -0.2) is 303 Å². The van der Waals surface area contributed by atoms with Gasteiger partial charge in [-0.2, -0.15) is 0 Å². The van der Waals surface area contributed by atoms with Crippen molar-refractivity contribution in [2.45, 2.75) is 66.0 Å². The molecule has 28 nitrogen and oxygen atoms in total. The summed E-state index contributed by atoms with van der Waals surface area (Å²) in [4.78, 5) is 78.5. The number of amides is 4. The van der Waals surface area contributed by atoms with E-state index in [-0.39, 0.29) is 24.9 Å². The number of hydrogen-bond donors (Lipinski definition) is 3. The predicted octanol–water partition coefficient (Wildman–Crippen LogP) is 1.84. The maximum Gasteiger partial charge on any atom is 0.311 e. The minimum absolute atomic E-state index is 0.0390. The number of carbonyl (C=O) groups excluding carboxylic acids is 6. The van der Waals surface area contributed by atoms with E-state index in [0.717, 1.165) is 67.1 Å². The van der Waals surface area contributed by atoms with Crippen LogP contribution in [0.25, 0.3) is 0 Å². The average Bonchev–Trinajstić information content (AvgIpc) is 1.99. The van der Waals surface area contributed by atoms with Gasteiger partial charge in [-0.15, -0.1) is 0 Å². The van der Waals surface area contributed by atoms with Crippen molar-refractivity contribution in [1.82, 2.24) is 20.4 Å². The first kappa shape index (κ1) is 82.4. The van der Waals surface area contributed by atoms with Gasteiger partial charge in [0.2, 0.25) is 23.6 Å². The fourth-order valence-corrected chi connectivity index (χ4v) is 7.91. The molecular weight excluding hydrogens is 1190 g/mol. The van der Waals surface area contributed by atoms with Crippen LogP contribution in [-0.2, 0) is 122 Å². The number of nitrogens with zero attached hydrogens (tertiary/aromatic N) is 2. The molecule has 0 radical (unpaired) electrons. The summed E-state index contributed by atoms with van der Waals surface area (Å²) in [6.07, 6.45) is 5.13. The Bertz CT molecular complexity index is 2020. The van der Waals surface area contributed by atoms with Crippen LogP contribution in [0, 0.1) is 5.41 Å². The van der Waals surface area contributed by atoms with Gasteiger partial charge >= 0.3 is 5.97 Å². The van der Waals surface area contributed by atoms with Crippen molar-refractivity contribution in [1.29, 1.82) is 0 Å². The molecule has 0 aromatic heterocycles. The Morgan fingerprint density at radius 2 is 0.890 bits per heavy atom. The van der Waals surface area contributed by atoms with Crippen molar-refractivity contribution in [2.24, 2.45) is 5.41 Å². The number of carbonyl (C=O) groups is 6.